The molecule has 0 amide bonds. The predicted molar refractivity (Wildman–Crippen MR) is 44.3 cm³/mol. The molecular formula is C8H12OS. The Morgan fingerprint density at radius 1 is 1.60 bits per heavy atom. The summed E-state index contributed by atoms with van der Waals surface area (Å²) in [4.78, 5) is 0. The molecule has 0 aliphatic carbocycles. The van der Waals surface area contributed by atoms with Crippen LogP contribution in [0.4, 0.5) is 0 Å². The molecule has 0 unspecified atom stereocenters. The van der Waals surface area contributed by atoms with Gasteiger partial charge in [-0.25, -0.2) is 0 Å². The van der Waals surface area contributed by atoms with Crippen molar-refractivity contribution in [1.29, 1.82) is 0 Å². The van der Waals surface area contributed by atoms with Crippen LogP contribution in [0.15, 0.2) is 10.8 Å². The average Bonchev–Trinajstić information content (AvgIpc) is 2.34. The van der Waals surface area contributed by atoms with E-state index in [1.54, 1.807) is 11.3 Å². The Balaban J connectivity index is 2.82. The van der Waals surface area contributed by atoms with Crippen LogP contribution in [0.25, 0.3) is 0 Å². The maximum absolute atomic E-state index is 9.41. The third kappa shape index (κ3) is 1.39. The largest absolute Gasteiger partial charge is 0.388 e. The first kappa shape index (κ1) is 7.76. The van der Waals surface area contributed by atoms with E-state index >= 15 is 0 Å². The minimum absolute atomic E-state index is 0.258. The lowest BCUT2D eigenvalue weighted by Crippen LogP contribution is -1.93. The molecular weight excluding hydrogens is 144 g/mol. The Hall–Kier alpha value is -0.340. The van der Waals surface area contributed by atoms with Gasteiger partial charge in [0.1, 0.15) is 0 Å². The highest BCUT2D eigenvalue weighted by molar-refractivity contribution is 7.08. The molecule has 2 heteroatoms. The van der Waals surface area contributed by atoms with Crippen molar-refractivity contribution in [1.82, 2.24) is 0 Å². The summed E-state index contributed by atoms with van der Waals surface area (Å²) < 4.78 is 0. The molecule has 0 aliphatic rings. The van der Waals surface area contributed by atoms with Crippen molar-refractivity contribution < 1.29 is 5.11 Å². The SMILES string of the molecule is CC[C@@H](O)c1cscc1C. The summed E-state index contributed by atoms with van der Waals surface area (Å²) >= 11 is 1.65. The van der Waals surface area contributed by atoms with E-state index in [0.717, 1.165) is 12.0 Å². The highest BCUT2D eigenvalue weighted by atomic mass is 32.1. The molecule has 1 aromatic heterocycles. The summed E-state index contributed by atoms with van der Waals surface area (Å²) in [6.45, 7) is 4.02. The van der Waals surface area contributed by atoms with E-state index in [0.29, 0.717) is 0 Å². The van der Waals surface area contributed by atoms with Crippen molar-refractivity contribution >= 4 is 11.3 Å². The van der Waals surface area contributed by atoms with Crippen LogP contribution in [0.1, 0.15) is 30.6 Å². The molecule has 1 aromatic rings. The van der Waals surface area contributed by atoms with Crippen LogP contribution in [0.2, 0.25) is 0 Å². The second-order valence-electron chi connectivity index (χ2n) is 2.43. The van der Waals surface area contributed by atoms with Gasteiger partial charge in [0, 0.05) is 0 Å². The first-order valence-electron chi connectivity index (χ1n) is 3.46. The minimum atomic E-state index is -0.258. The lowest BCUT2D eigenvalue weighted by Gasteiger charge is -2.05. The number of thiophene rings is 1. The topological polar surface area (TPSA) is 20.2 Å². The lowest BCUT2D eigenvalue weighted by atomic mass is 10.1. The number of aliphatic hydroxyl groups is 1. The van der Waals surface area contributed by atoms with Crippen molar-refractivity contribution in [3.63, 3.8) is 0 Å². The predicted octanol–water partition coefficient (Wildman–Crippen LogP) is 2.50. The van der Waals surface area contributed by atoms with Crippen molar-refractivity contribution in [2.24, 2.45) is 0 Å². The Bertz CT molecular complexity index is 205. The molecule has 0 aliphatic heterocycles. The second kappa shape index (κ2) is 3.17. The first-order valence-corrected chi connectivity index (χ1v) is 4.40. The van der Waals surface area contributed by atoms with Gasteiger partial charge in [-0.1, -0.05) is 6.92 Å². The van der Waals surface area contributed by atoms with Crippen LogP contribution in [-0.4, -0.2) is 5.11 Å². The van der Waals surface area contributed by atoms with Crippen LogP contribution in [0.3, 0.4) is 0 Å². The molecule has 0 spiro atoms. The Labute approximate surface area is 65.3 Å². The standard InChI is InChI=1S/C8H12OS/c1-3-8(9)7-5-10-4-6(7)2/h4-5,8-9H,3H2,1-2H3/t8-/m1/s1. The van der Waals surface area contributed by atoms with Crippen molar-refractivity contribution in [3.05, 3.63) is 21.9 Å². The summed E-state index contributed by atoms with van der Waals surface area (Å²) in [6.07, 6.45) is 0.545. The zero-order chi connectivity index (χ0) is 7.56. The molecule has 1 rings (SSSR count). The number of hydrogen-bond acceptors (Lipinski definition) is 2. The molecule has 1 heterocycles. The van der Waals surface area contributed by atoms with Crippen LogP contribution in [0.5, 0.6) is 0 Å². The molecule has 10 heavy (non-hydrogen) atoms. The Morgan fingerprint density at radius 2 is 2.30 bits per heavy atom. The monoisotopic (exact) mass is 156 g/mol. The average molecular weight is 156 g/mol. The molecule has 0 radical (unpaired) electrons. The fourth-order valence-electron chi connectivity index (χ4n) is 0.932. The van der Waals surface area contributed by atoms with Gasteiger partial charge in [0.15, 0.2) is 0 Å². The van der Waals surface area contributed by atoms with E-state index in [4.69, 9.17) is 0 Å². The van der Waals surface area contributed by atoms with Gasteiger partial charge < -0.3 is 5.11 Å². The highest BCUT2D eigenvalue weighted by Gasteiger charge is 2.07. The van der Waals surface area contributed by atoms with Gasteiger partial charge in [-0.3, -0.25) is 0 Å². The van der Waals surface area contributed by atoms with E-state index < -0.39 is 0 Å². The van der Waals surface area contributed by atoms with Crippen LogP contribution < -0.4 is 0 Å². The molecule has 0 aromatic carbocycles. The smallest absolute Gasteiger partial charge is 0.0798 e. The highest BCUT2D eigenvalue weighted by Crippen LogP contribution is 2.23. The van der Waals surface area contributed by atoms with Crippen molar-refractivity contribution in [3.8, 4) is 0 Å². The lowest BCUT2D eigenvalue weighted by molar-refractivity contribution is 0.173. The molecule has 0 fully saturated rings. The van der Waals surface area contributed by atoms with E-state index in [-0.39, 0.29) is 6.10 Å². The molecule has 1 atom stereocenters. The van der Waals surface area contributed by atoms with Gasteiger partial charge >= 0.3 is 0 Å². The molecule has 1 N–H and O–H groups in total. The van der Waals surface area contributed by atoms with Gasteiger partial charge in [-0.15, -0.1) is 0 Å². The fourth-order valence-corrected chi connectivity index (χ4v) is 1.83. The molecule has 0 bridgehead atoms. The summed E-state index contributed by atoms with van der Waals surface area (Å²) in [7, 11) is 0. The van der Waals surface area contributed by atoms with Gasteiger partial charge in [0.2, 0.25) is 0 Å². The third-order valence-electron chi connectivity index (χ3n) is 1.64. The van der Waals surface area contributed by atoms with Crippen molar-refractivity contribution in [2.45, 2.75) is 26.4 Å². The number of aliphatic hydroxyl groups excluding tert-OH is 1. The van der Waals surface area contributed by atoms with Gasteiger partial charge in [-0.2, -0.15) is 11.3 Å². The van der Waals surface area contributed by atoms with E-state index in [1.165, 1.54) is 5.56 Å². The summed E-state index contributed by atoms with van der Waals surface area (Å²) in [5.41, 5.74) is 2.30. The number of rotatable bonds is 2. The number of hydrogen-bond donors (Lipinski definition) is 1. The van der Waals surface area contributed by atoms with Crippen LogP contribution >= 0.6 is 11.3 Å². The third-order valence-corrected chi connectivity index (χ3v) is 2.52. The first-order chi connectivity index (χ1) is 4.75. The zero-order valence-corrected chi connectivity index (χ0v) is 7.11. The summed E-state index contributed by atoms with van der Waals surface area (Å²) in [6, 6.07) is 0. The van der Waals surface area contributed by atoms with Gasteiger partial charge in [-0.05, 0) is 35.2 Å². The zero-order valence-electron chi connectivity index (χ0n) is 6.29. The summed E-state index contributed by atoms with van der Waals surface area (Å²) in [5.74, 6) is 0. The van der Waals surface area contributed by atoms with Gasteiger partial charge in [0.05, 0.1) is 6.10 Å². The minimum Gasteiger partial charge on any atom is -0.388 e. The molecule has 0 saturated heterocycles. The second-order valence-corrected chi connectivity index (χ2v) is 3.18. The van der Waals surface area contributed by atoms with E-state index in [9.17, 15) is 5.11 Å². The molecule has 56 valence electrons. The van der Waals surface area contributed by atoms with Gasteiger partial charge in [0.25, 0.3) is 0 Å². The molecule has 0 saturated carbocycles. The normalized spacial score (nSPS) is 13.5. The van der Waals surface area contributed by atoms with Crippen molar-refractivity contribution in [2.75, 3.05) is 0 Å². The van der Waals surface area contributed by atoms with E-state index in [2.05, 4.69) is 5.38 Å². The van der Waals surface area contributed by atoms with Crippen LogP contribution in [0, 0.1) is 6.92 Å². The van der Waals surface area contributed by atoms with Crippen LogP contribution in [-0.2, 0) is 0 Å². The summed E-state index contributed by atoms with van der Waals surface area (Å²) in [5, 5.41) is 13.5. The fraction of sp³-hybridized carbons (Fsp3) is 0.500. The quantitative estimate of drug-likeness (QED) is 0.697. The Kier molecular flexibility index (Phi) is 2.46. The Morgan fingerprint density at radius 3 is 2.70 bits per heavy atom. The number of aryl methyl sites for hydroxylation is 1. The van der Waals surface area contributed by atoms with E-state index in [1.807, 2.05) is 19.2 Å². The maximum atomic E-state index is 9.41. The molecule has 1 nitrogen and oxygen atoms in total. The maximum Gasteiger partial charge on any atom is 0.0798 e.